The molecule has 1 aliphatic carbocycles. The Morgan fingerprint density at radius 3 is 2.21 bits per heavy atom. The topological polar surface area (TPSA) is 49.6 Å². The molecular formula is C23H22N6. The highest BCUT2D eigenvalue weighted by molar-refractivity contribution is 5.78. The number of hydrogen-bond donors (Lipinski definition) is 0. The van der Waals surface area contributed by atoms with E-state index in [1.54, 1.807) is 6.33 Å². The van der Waals surface area contributed by atoms with Crippen LogP contribution in [0.5, 0.6) is 0 Å². The third-order valence-electron chi connectivity index (χ3n) is 6.17. The van der Waals surface area contributed by atoms with E-state index in [0.29, 0.717) is 11.8 Å². The first-order chi connectivity index (χ1) is 14.3. The zero-order valence-electron chi connectivity index (χ0n) is 16.4. The zero-order valence-corrected chi connectivity index (χ0v) is 16.4. The van der Waals surface area contributed by atoms with E-state index in [0.717, 1.165) is 37.7 Å². The van der Waals surface area contributed by atoms with E-state index in [1.807, 2.05) is 11.4 Å². The fourth-order valence-electron chi connectivity index (χ4n) is 4.87. The highest BCUT2D eigenvalue weighted by Gasteiger charge is 2.34. The van der Waals surface area contributed by atoms with Crippen molar-refractivity contribution in [3.63, 3.8) is 0 Å². The first-order valence-corrected chi connectivity index (χ1v) is 10.1. The van der Waals surface area contributed by atoms with Gasteiger partial charge < -0.3 is 4.90 Å². The van der Waals surface area contributed by atoms with Crippen LogP contribution in [0.25, 0.3) is 16.9 Å². The van der Waals surface area contributed by atoms with Crippen molar-refractivity contribution in [1.29, 1.82) is 0 Å². The van der Waals surface area contributed by atoms with Crippen molar-refractivity contribution in [3.05, 3.63) is 77.7 Å². The molecule has 6 heteroatoms. The molecule has 1 fully saturated rings. The van der Waals surface area contributed by atoms with Crippen LogP contribution in [0.1, 0.15) is 22.9 Å². The molecule has 0 radical (unpaired) electrons. The molecule has 4 aromatic rings. The van der Waals surface area contributed by atoms with Crippen LogP contribution in [0.4, 0.5) is 5.82 Å². The van der Waals surface area contributed by atoms with Crippen molar-refractivity contribution in [2.75, 3.05) is 31.1 Å². The zero-order chi connectivity index (χ0) is 19.4. The van der Waals surface area contributed by atoms with Crippen LogP contribution in [0.15, 0.2) is 60.9 Å². The summed E-state index contributed by atoms with van der Waals surface area (Å²) in [6, 6.07) is 20.2. The Labute approximate surface area is 169 Å². The standard InChI is InChI=1S/C23H22N6/c1-16-14-21(29-23(26-16)24-15-25-29)27-10-12-28(13-11-27)22-19-8-4-2-6-17(19)18-7-3-5-9-20(18)22/h2-9,14-15,22H,10-13H2,1H3. The lowest BCUT2D eigenvalue weighted by molar-refractivity contribution is 0.214. The van der Waals surface area contributed by atoms with E-state index >= 15 is 0 Å². The van der Waals surface area contributed by atoms with Crippen molar-refractivity contribution in [2.45, 2.75) is 13.0 Å². The van der Waals surface area contributed by atoms with Crippen LogP contribution in [0, 0.1) is 6.92 Å². The highest BCUT2D eigenvalue weighted by Crippen LogP contribution is 2.46. The molecule has 0 atom stereocenters. The van der Waals surface area contributed by atoms with Gasteiger partial charge in [0.05, 0.1) is 6.04 Å². The molecule has 6 rings (SSSR count). The highest BCUT2D eigenvalue weighted by atomic mass is 15.4. The monoisotopic (exact) mass is 382 g/mol. The molecule has 0 amide bonds. The van der Waals surface area contributed by atoms with Gasteiger partial charge in [0.25, 0.3) is 5.78 Å². The number of nitrogens with zero attached hydrogens (tertiary/aromatic N) is 6. The number of aromatic nitrogens is 4. The lowest BCUT2D eigenvalue weighted by Crippen LogP contribution is -2.48. The molecule has 0 unspecified atom stereocenters. The van der Waals surface area contributed by atoms with Gasteiger partial charge in [-0.1, -0.05) is 48.5 Å². The summed E-state index contributed by atoms with van der Waals surface area (Å²) in [6.45, 7) is 5.94. The van der Waals surface area contributed by atoms with Crippen molar-refractivity contribution < 1.29 is 0 Å². The fraction of sp³-hybridized carbons (Fsp3) is 0.261. The maximum atomic E-state index is 4.47. The molecule has 0 bridgehead atoms. The molecule has 0 N–H and O–H groups in total. The molecule has 1 aliphatic heterocycles. The van der Waals surface area contributed by atoms with Crippen LogP contribution in [0.2, 0.25) is 0 Å². The smallest absolute Gasteiger partial charge is 0.254 e. The van der Waals surface area contributed by atoms with E-state index < -0.39 is 0 Å². The van der Waals surface area contributed by atoms with Gasteiger partial charge in [0, 0.05) is 37.9 Å². The Morgan fingerprint density at radius 2 is 1.52 bits per heavy atom. The Morgan fingerprint density at radius 1 is 0.862 bits per heavy atom. The lowest BCUT2D eigenvalue weighted by atomic mass is 10.0. The molecule has 144 valence electrons. The average Bonchev–Trinajstić information content (AvgIpc) is 3.36. The molecular weight excluding hydrogens is 360 g/mol. The number of benzene rings is 2. The predicted molar refractivity (Wildman–Crippen MR) is 113 cm³/mol. The van der Waals surface area contributed by atoms with Crippen molar-refractivity contribution in [1.82, 2.24) is 24.5 Å². The van der Waals surface area contributed by atoms with Crippen LogP contribution in [0.3, 0.4) is 0 Å². The summed E-state index contributed by atoms with van der Waals surface area (Å²) in [5.74, 6) is 1.75. The summed E-state index contributed by atoms with van der Waals surface area (Å²) in [6.07, 6.45) is 1.58. The first-order valence-electron chi connectivity index (χ1n) is 10.1. The van der Waals surface area contributed by atoms with Crippen LogP contribution < -0.4 is 4.90 Å². The molecule has 2 aliphatic rings. The summed E-state index contributed by atoms with van der Waals surface area (Å²) < 4.78 is 1.85. The number of hydrogen-bond acceptors (Lipinski definition) is 5. The summed E-state index contributed by atoms with van der Waals surface area (Å²) in [5, 5.41) is 4.38. The number of fused-ring (bicyclic) bond motifs is 4. The second-order valence-corrected chi connectivity index (χ2v) is 7.83. The van der Waals surface area contributed by atoms with E-state index in [-0.39, 0.29) is 0 Å². The maximum Gasteiger partial charge on any atom is 0.254 e. The van der Waals surface area contributed by atoms with Crippen LogP contribution >= 0.6 is 0 Å². The third-order valence-corrected chi connectivity index (χ3v) is 6.17. The second kappa shape index (κ2) is 6.39. The normalized spacial score (nSPS) is 16.9. The Kier molecular flexibility index (Phi) is 3.67. The van der Waals surface area contributed by atoms with Gasteiger partial charge in [-0.05, 0) is 29.2 Å². The fourth-order valence-corrected chi connectivity index (χ4v) is 4.87. The minimum absolute atomic E-state index is 0.343. The summed E-state index contributed by atoms with van der Waals surface area (Å²) in [7, 11) is 0. The largest absolute Gasteiger partial charge is 0.354 e. The van der Waals surface area contributed by atoms with Crippen LogP contribution in [-0.4, -0.2) is 50.7 Å². The van der Waals surface area contributed by atoms with Gasteiger partial charge in [0.15, 0.2) is 0 Å². The molecule has 3 heterocycles. The molecule has 1 saturated heterocycles. The average molecular weight is 382 g/mol. The Bertz CT molecular complexity index is 1160. The van der Waals surface area contributed by atoms with Gasteiger partial charge in [0.1, 0.15) is 12.1 Å². The predicted octanol–water partition coefficient (Wildman–Crippen LogP) is 3.32. The number of anilines is 1. The van der Waals surface area contributed by atoms with Gasteiger partial charge in [-0.15, -0.1) is 0 Å². The number of piperazine rings is 1. The summed E-state index contributed by atoms with van der Waals surface area (Å²) >= 11 is 0. The van der Waals surface area contributed by atoms with E-state index in [4.69, 9.17) is 0 Å². The van der Waals surface area contributed by atoms with Gasteiger partial charge >= 0.3 is 0 Å². The first kappa shape index (κ1) is 16.7. The molecule has 6 nitrogen and oxygen atoms in total. The Hall–Kier alpha value is -3.25. The minimum Gasteiger partial charge on any atom is -0.354 e. The minimum atomic E-state index is 0.343. The Balaban J connectivity index is 1.31. The summed E-state index contributed by atoms with van der Waals surface area (Å²) in [4.78, 5) is 13.8. The van der Waals surface area contributed by atoms with E-state index in [9.17, 15) is 0 Å². The van der Waals surface area contributed by atoms with Gasteiger partial charge in [-0.2, -0.15) is 14.6 Å². The second-order valence-electron chi connectivity index (χ2n) is 7.83. The molecule has 2 aromatic heterocycles. The molecule has 0 saturated carbocycles. The van der Waals surface area contributed by atoms with Crippen molar-refractivity contribution >= 4 is 11.6 Å². The molecule has 2 aromatic carbocycles. The SMILES string of the molecule is Cc1cc(N2CCN(C3c4ccccc4-c4ccccc43)CC2)n2ncnc2n1. The van der Waals surface area contributed by atoms with Crippen molar-refractivity contribution in [3.8, 4) is 11.1 Å². The summed E-state index contributed by atoms with van der Waals surface area (Å²) in [5.41, 5.74) is 6.59. The van der Waals surface area contributed by atoms with E-state index in [1.165, 1.54) is 22.3 Å². The lowest BCUT2D eigenvalue weighted by Gasteiger charge is -2.39. The van der Waals surface area contributed by atoms with Crippen molar-refractivity contribution in [2.24, 2.45) is 0 Å². The van der Waals surface area contributed by atoms with E-state index in [2.05, 4.69) is 79.5 Å². The molecule has 0 spiro atoms. The third kappa shape index (κ3) is 2.56. The number of aryl methyl sites for hydroxylation is 1. The van der Waals surface area contributed by atoms with Gasteiger partial charge in [-0.25, -0.2) is 4.98 Å². The van der Waals surface area contributed by atoms with Gasteiger partial charge in [0.2, 0.25) is 0 Å². The quantitative estimate of drug-likeness (QED) is 0.532. The van der Waals surface area contributed by atoms with Gasteiger partial charge in [-0.3, -0.25) is 4.90 Å². The molecule has 29 heavy (non-hydrogen) atoms. The van der Waals surface area contributed by atoms with Crippen LogP contribution in [-0.2, 0) is 0 Å². The number of rotatable bonds is 2. The maximum absolute atomic E-state index is 4.47.